The Morgan fingerprint density at radius 2 is 1.88 bits per heavy atom. The molecular weight excluding hydrogens is 218 g/mol. The Balaban J connectivity index is 2.42. The van der Waals surface area contributed by atoms with E-state index in [4.69, 9.17) is 11.6 Å². The SMILES string of the molecule is C/C=C(/c1ccc(Cl)cc1)c1ccccn1. The molecular formula is C14H12ClN. The predicted molar refractivity (Wildman–Crippen MR) is 68.4 cm³/mol. The number of hydrogen-bond acceptors (Lipinski definition) is 1. The Morgan fingerprint density at radius 3 is 2.44 bits per heavy atom. The van der Waals surface area contributed by atoms with E-state index >= 15 is 0 Å². The van der Waals surface area contributed by atoms with E-state index in [2.05, 4.69) is 11.1 Å². The van der Waals surface area contributed by atoms with Crippen molar-refractivity contribution in [2.24, 2.45) is 0 Å². The summed E-state index contributed by atoms with van der Waals surface area (Å²) < 4.78 is 0. The summed E-state index contributed by atoms with van der Waals surface area (Å²) in [4.78, 5) is 4.35. The summed E-state index contributed by atoms with van der Waals surface area (Å²) in [6.45, 7) is 2.01. The van der Waals surface area contributed by atoms with Crippen molar-refractivity contribution in [1.82, 2.24) is 4.98 Å². The molecule has 2 rings (SSSR count). The Kier molecular flexibility index (Phi) is 3.37. The largest absolute Gasteiger partial charge is 0.256 e. The van der Waals surface area contributed by atoms with Crippen molar-refractivity contribution in [3.05, 3.63) is 71.0 Å². The molecule has 0 fully saturated rings. The standard InChI is InChI=1S/C14H12ClN/c1-2-13(14-5-3-4-10-16-14)11-6-8-12(15)9-7-11/h2-10H,1H3/b13-2-. The summed E-state index contributed by atoms with van der Waals surface area (Å²) in [5.74, 6) is 0. The van der Waals surface area contributed by atoms with Crippen molar-refractivity contribution in [2.75, 3.05) is 0 Å². The smallest absolute Gasteiger partial charge is 0.0704 e. The van der Waals surface area contributed by atoms with E-state index < -0.39 is 0 Å². The number of benzene rings is 1. The molecule has 1 heterocycles. The van der Waals surface area contributed by atoms with E-state index in [0.29, 0.717) is 0 Å². The van der Waals surface area contributed by atoms with Crippen LogP contribution in [0, 0.1) is 0 Å². The summed E-state index contributed by atoms with van der Waals surface area (Å²) in [5, 5.41) is 0.750. The quantitative estimate of drug-likeness (QED) is 0.753. The highest BCUT2D eigenvalue weighted by molar-refractivity contribution is 6.30. The van der Waals surface area contributed by atoms with Crippen molar-refractivity contribution < 1.29 is 0 Å². The zero-order valence-electron chi connectivity index (χ0n) is 9.02. The van der Waals surface area contributed by atoms with Crippen LogP contribution in [-0.2, 0) is 0 Å². The van der Waals surface area contributed by atoms with Gasteiger partial charge in [0.15, 0.2) is 0 Å². The highest BCUT2D eigenvalue weighted by Crippen LogP contribution is 2.22. The lowest BCUT2D eigenvalue weighted by atomic mass is 10.0. The summed E-state index contributed by atoms with van der Waals surface area (Å²) in [7, 11) is 0. The van der Waals surface area contributed by atoms with Gasteiger partial charge in [0, 0.05) is 16.8 Å². The Hall–Kier alpha value is -1.60. The van der Waals surface area contributed by atoms with Crippen LogP contribution in [0.25, 0.3) is 5.57 Å². The van der Waals surface area contributed by atoms with Crippen molar-refractivity contribution in [1.29, 1.82) is 0 Å². The molecule has 2 aromatic rings. The van der Waals surface area contributed by atoms with Gasteiger partial charge in [0.05, 0.1) is 5.69 Å². The number of halogens is 1. The second kappa shape index (κ2) is 4.95. The van der Waals surface area contributed by atoms with Crippen LogP contribution in [0.2, 0.25) is 5.02 Å². The van der Waals surface area contributed by atoms with E-state index in [1.54, 1.807) is 6.20 Å². The van der Waals surface area contributed by atoms with Crippen molar-refractivity contribution in [3.63, 3.8) is 0 Å². The molecule has 1 aromatic heterocycles. The number of rotatable bonds is 2. The molecule has 0 radical (unpaired) electrons. The van der Waals surface area contributed by atoms with Gasteiger partial charge in [-0.2, -0.15) is 0 Å². The number of allylic oxidation sites excluding steroid dienone is 1. The molecule has 1 nitrogen and oxygen atoms in total. The van der Waals surface area contributed by atoms with Crippen molar-refractivity contribution in [3.8, 4) is 0 Å². The third-order valence-corrected chi connectivity index (χ3v) is 2.64. The molecule has 0 aliphatic rings. The van der Waals surface area contributed by atoms with Gasteiger partial charge in [-0.25, -0.2) is 0 Å². The first-order chi connectivity index (χ1) is 7.81. The molecule has 0 N–H and O–H groups in total. The predicted octanol–water partition coefficient (Wildman–Crippen LogP) is 4.19. The van der Waals surface area contributed by atoms with Crippen molar-refractivity contribution in [2.45, 2.75) is 6.92 Å². The minimum absolute atomic E-state index is 0.750. The molecule has 0 aliphatic heterocycles. The number of pyridine rings is 1. The molecule has 0 aliphatic carbocycles. The zero-order valence-corrected chi connectivity index (χ0v) is 9.78. The first-order valence-electron chi connectivity index (χ1n) is 5.15. The van der Waals surface area contributed by atoms with Gasteiger partial charge in [0.2, 0.25) is 0 Å². The lowest BCUT2D eigenvalue weighted by molar-refractivity contribution is 1.27. The lowest BCUT2D eigenvalue weighted by Gasteiger charge is -2.06. The first kappa shape index (κ1) is 10.9. The summed E-state index contributed by atoms with van der Waals surface area (Å²) in [5.41, 5.74) is 3.23. The maximum absolute atomic E-state index is 5.87. The average Bonchev–Trinajstić information content (AvgIpc) is 2.34. The van der Waals surface area contributed by atoms with Crippen LogP contribution < -0.4 is 0 Å². The van der Waals surface area contributed by atoms with Crippen molar-refractivity contribution >= 4 is 17.2 Å². The third-order valence-electron chi connectivity index (χ3n) is 2.38. The summed E-state index contributed by atoms with van der Waals surface area (Å²) >= 11 is 5.87. The molecule has 0 unspecified atom stereocenters. The molecule has 0 saturated carbocycles. The third kappa shape index (κ3) is 2.31. The van der Waals surface area contributed by atoms with Crippen LogP contribution in [-0.4, -0.2) is 4.98 Å². The Labute approximate surface area is 100 Å². The van der Waals surface area contributed by atoms with Gasteiger partial charge < -0.3 is 0 Å². The Morgan fingerprint density at radius 1 is 1.12 bits per heavy atom. The molecule has 0 saturated heterocycles. The van der Waals surface area contributed by atoms with E-state index in [1.165, 1.54) is 0 Å². The molecule has 1 aromatic carbocycles. The summed E-state index contributed by atoms with van der Waals surface area (Å²) in [6.07, 6.45) is 3.86. The average molecular weight is 230 g/mol. The fourth-order valence-corrected chi connectivity index (χ4v) is 1.74. The van der Waals surface area contributed by atoms with Gasteiger partial charge in [-0.05, 0) is 36.8 Å². The van der Waals surface area contributed by atoms with Crippen LogP contribution in [0.1, 0.15) is 18.2 Å². The molecule has 2 heteroatoms. The second-order valence-electron chi connectivity index (χ2n) is 3.42. The van der Waals surface area contributed by atoms with Crippen LogP contribution in [0.15, 0.2) is 54.7 Å². The maximum Gasteiger partial charge on any atom is 0.0704 e. The van der Waals surface area contributed by atoms with E-state index in [1.807, 2.05) is 49.4 Å². The maximum atomic E-state index is 5.87. The number of aromatic nitrogens is 1. The van der Waals surface area contributed by atoms with Crippen LogP contribution in [0.4, 0.5) is 0 Å². The molecule has 0 atom stereocenters. The molecule has 80 valence electrons. The van der Waals surface area contributed by atoms with Gasteiger partial charge in [0.1, 0.15) is 0 Å². The van der Waals surface area contributed by atoms with Gasteiger partial charge in [-0.15, -0.1) is 0 Å². The minimum atomic E-state index is 0.750. The molecule has 0 spiro atoms. The highest BCUT2D eigenvalue weighted by Gasteiger charge is 2.04. The number of hydrogen-bond donors (Lipinski definition) is 0. The molecule has 16 heavy (non-hydrogen) atoms. The van der Waals surface area contributed by atoms with Gasteiger partial charge in [-0.1, -0.05) is 35.9 Å². The monoisotopic (exact) mass is 229 g/mol. The molecule has 0 bridgehead atoms. The van der Waals surface area contributed by atoms with Crippen LogP contribution in [0.3, 0.4) is 0 Å². The topological polar surface area (TPSA) is 12.9 Å². The normalized spacial score (nSPS) is 11.5. The van der Waals surface area contributed by atoms with E-state index in [9.17, 15) is 0 Å². The lowest BCUT2D eigenvalue weighted by Crippen LogP contribution is -1.90. The van der Waals surface area contributed by atoms with Crippen LogP contribution >= 0.6 is 11.6 Å². The molecule has 0 amide bonds. The zero-order chi connectivity index (χ0) is 11.4. The van der Waals surface area contributed by atoms with Crippen LogP contribution in [0.5, 0.6) is 0 Å². The van der Waals surface area contributed by atoms with E-state index in [0.717, 1.165) is 21.9 Å². The van der Waals surface area contributed by atoms with Gasteiger partial charge in [-0.3, -0.25) is 4.98 Å². The van der Waals surface area contributed by atoms with Gasteiger partial charge in [0.25, 0.3) is 0 Å². The highest BCUT2D eigenvalue weighted by atomic mass is 35.5. The van der Waals surface area contributed by atoms with Gasteiger partial charge >= 0.3 is 0 Å². The second-order valence-corrected chi connectivity index (χ2v) is 3.86. The first-order valence-corrected chi connectivity index (χ1v) is 5.52. The minimum Gasteiger partial charge on any atom is -0.256 e. The number of nitrogens with zero attached hydrogens (tertiary/aromatic N) is 1. The fourth-order valence-electron chi connectivity index (χ4n) is 1.61. The van der Waals surface area contributed by atoms with E-state index in [-0.39, 0.29) is 0 Å². The summed E-state index contributed by atoms with van der Waals surface area (Å²) in [6, 6.07) is 13.7. The Bertz CT molecular complexity index is 486. The fraction of sp³-hybridized carbons (Fsp3) is 0.0714.